The van der Waals surface area contributed by atoms with Crippen molar-refractivity contribution >= 4 is 44.3 Å². The maximum Gasteiger partial charge on any atom is 0.319 e. The van der Waals surface area contributed by atoms with Gasteiger partial charge in [-0.3, -0.25) is 4.90 Å². The van der Waals surface area contributed by atoms with Crippen LogP contribution in [-0.2, 0) is 4.74 Å². The number of anilines is 1. The Morgan fingerprint density at radius 1 is 1.36 bits per heavy atom. The van der Waals surface area contributed by atoms with Crippen LogP contribution in [0.1, 0.15) is 22.0 Å². The lowest BCUT2D eigenvalue weighted by atomic mass is 9.95. The molecule has 3 saturated heterocycles. The zero-order chi connectivity index (χ0) is 24.7. The monoisotopic (exact) mass is 548 g/mol. The Morgan fingerprint density at radius 2 is 2.21 bits per heavy atom. The second kappa shape index (κ2) is 8.10. The zero-order valence-corrected chi connectivity index (χ0v) is 19.9. The molecule has 0 radical (unpaired) electrons. The maximum atomic E-state index is 15.3. The lowest BCUT2D eigenvalue weighted by Gasteiger charge is -2.31. The van der Waals surface area contributed by atoms with Crippen LogP contribution in [0.25, 0.3) is 10.9 Å². The van der Waals surface area contributed by atoms with Gasteiger partial charge in [0, 0.05) is 30.8 Å². The van der Waals surface area contributed by atoms with Gasteiger partial charge in [-0.1, -0.05) is 11.6 Å². The van der Waals surface area contributed by atoms with Gasteiger partial charge in [-0.15, -0.1) is 0 Å². The topological polar surface area (TPSA) is 50.7 Å². The van der Waals surface area contributed by atoms with Crippen LogP contribution in [0.4, 0.5) is 19.0 Å². The summed E-state index contributed by atoms with van der Waals surface area (Å²) in [5, 5.41) is 0.355. The van der Waals surface area contributed by atoms with Crippen LogP contribution in [-0.4, -0.2) is 78.2 Å². The van der Waals surface area contributed by atoms with E-state index in [2.05, 4.69) is 25.9 Å². The number of hydrogen-bond acceptors (Lipinski definition) is 6. The Hall–Kier alpha value is -1.36. The number of hydrogen-bond donors (Lipinski definition) is 0. The van der Waals surface area contributed by atoms with E-state index in [-0.39, 0.29) is 51.7 Å². The second-order valence-corrected chi connectivity index (χ2v) is 10.4. The Kier molecular flexibility index (Phi) is 4.88. The smallest absolute Gasteiger partial charge is 0.319 e. The molecule has 0 bridgehead atoms. The van der Waals surface area contributed by atoms with Crippen molar-refractivity contribution < 1.29 is 25.4 Å². The van der Waals surface area contributed by atoms with E-state index < -0.39 is 42.3 Å². The number of benzene rings is 1. The Labute approximate surface area is 205 Å². The Bertz CT molecular complexity index is 1200. The van der Waals surface area contributed by atoms with Gasteiger partial charge in [0.05, 0.1) is 37.0 Å². The number of fused-ring (bicyclic) bond motifs is 3. The third-order valence-corrected chi connectivity index (χ3v) is 8.47. The molecule has 3 aliphatic heterocycles. The largest absolute Gasteiger partial charge is 0.461 e. The first-order valence-corrected chi connectivity index (χ1v) is 12.2. The summed E-state index contributed by atoms with van der Waals surface area (Å²) in [6.45, 7) is -0.728. The molecule has 0 N–H and O–H groups in total. The zero-order valence-electron chi connectivity index (χ0n) is 19.5. The van der Waals surface area contributed by atoms with Gasteiger partial charge < -0.3 is 14.4 Å². The number of nitrogens with zero attached hydrogens (tertiary/aromatic N) is 4. The molecule has 1 aromatic heterocycles. The molecule has 0 spiro atoms. The molecule has 1 aromatic carbocycles. The van der Waals surface area contributed by atoms with Gasteiger partial charge in [-0.05, 0) is 41.4 Å². The summed E-state index contributed by atoms with van der Waals surface area (Å²) in [5.74, 6) is -0.896. The van der Waals surface area contributed by atoms with Crippen molar-refractivity contribution in [3.63, 3.8) is 0 Å². The van der Waals surface area contributed by atoms with E-state index in [1.54, 1.807) is 9.80 Å². The normalized spacial score (nSPS) is 35.1. The lowest BCUT2D eigenvalue weighted by molar-refractivity contribution is 0.107. The van der Waals surface area contributed by atoms with Gasteiger partial charge in [0.25, 0.3) is 0 Å². The van der Waals surface area contributed by atoms with Crippen LogP contribution in [0.3, 0.4) is 0 Å². The van der Waals surface area contributed by atoms with E-state index in [9.17, 15) is 8.78 Å². The molecule has 4 aliphatic rings. The molecule has 3 unspecified atom stereocenters. The standard InChI is InChI=1S/C22H23BrClF3N4O2/c23-15-14(24)6-12-18(17(15)27)28-21(33-10-22-2-1-3-30(22)8-11(25)7-22)29-20(12)31-4-5-32-9-13-16(26)19(13)31/h6,11,13,16,19H,1-5,7-10H2/t11-,13?,16?,19?,22+/m1/s1/i10D2. The SMILES string of the molecule is [2H]C([2H])(Oc1nc(N2CCOCC3C(F)C32)c2cc(Cl)c(Br)c(F)c2n1)[C@@]12CCCN1C[C@H](F)C2. The average molecular weight is 550 g/mol. The predicted molar refractivity (Wildman–Crippen MR) is 121 cm³/mol. The second-order valence-electron chi connectivity index (χ2n) is 9.17. The van der Waals surface area contributed by atoms with Crippen LogP contribution in [0.2, 0.25) is 5.02 Å². The van der Waals surface area contributed by atoms with E-state index in [0.717, 1.165) is 0 Å². The molecular weight excluding hydrogens is 525 g/mol. The quantitative estimate of drug-likeness (QED) is 0.530. The fourth-order valence-electron chi connectivity index (χ4n) is 5.49. The minimum Gasteiger partial charge on any atom is -0.461 e. The van der Waals surface area contributed by atoms with Crippen LogP contribution in [0, 0.1) is 11.7 Å². The summed E-state index contributed by atoms with van der Waals surface area (Å²) in [7, 11) is 0. The minimum atomic E-state index is -2.35. The Balaban J connectivity index is 1.46. The molecule has 6 nitrogen and oxygen atoms in total. The van der Waals surface area contributed by atoms with Crippen molar-refractivity contribution in [3.05, 3.63) is 21.4 Å². The molecule has 11 heteroatoms. The summed E-state index contributed by atoms with van der Waals surface area (Å²) in [4.78, 5) is 12.1. The minimum absolute atomic E-state index is 0.00577. The van der Waals surface area contributed by atoms with Crippen LogP contribution in [0.5, 0.6) is 6.01 Å². The first-order chi connectivity index (χ1) is 16.6. The van der Waals surface area contributed by atoms with Crippen molar-refractivity contribution in [1.29, 1.82) is 0 Å². The Morgan fingerprint density at radius 3 is 3.06 bits per heavy atom. The third kappa shape index (κ3) is 3.59. The molecule has 1 saturated carbocycles. The summed E-state index contributed by atoms with van der Waals surface area (Å²) < 4.78 is 73.0. The van der Waals surface area contributed by atoms with E-state index in [1.807, 2.05) is 0 Å². The molecule has 5 atom stereocenters. The molecule has 4 heterocycles. The van der Waals surface area contributed by atoms with E-state index in [0.29, 0.717) is 32.5 Å². The fraction of sp³-hybridized carbons (Fsp3) is 0.636. The van der Waals surface area contributed by atoms with Crippen molar-refractivity contribution in [1.82, 2.24) is 14.9 Å². The van der Waals surface area contributed by atoms with Crippen LogP contribution < -0.4 is 9.64 Å². The van der Waals surface area contributed by atoms with Gasteiger partial charge in [-0.25, -0.2) is 13.2 Å². The van der Waals surface area contributed by atoms with Crippen molar-refractivity contribution in [3.8, 4) is 6.01 Å². The van der Waals surface area contributed by atoms with Crippen molar-refractivity contribution in [2.45, 2.75) is 43.2 Å². The fourth-order valence-corrected chi connectivity index (χ4v) is 5.98. The summed E-state index contributed by atoms with van der Waals surface area (Å²) in [6, 6.07) is 0.597. The predicted octanol–water partition coefficient (Wildman–Crippen LogP) is 4.31. The van der Waals surface area contributed by atoms with Gasteiger partial charge >= 0.3 is 6.01 Å². The molecule has 4 fully saturated rings. The summed E-state index contributed by atoms with van der Waals surface area (Å²) in [5.41, 5.74) is -1.29. The van der Waals surface area contributed by atoms with Crippen LogP contribution >= 0.6 is 27.5 Å². The van der Waals surface area contributed by atoms with E-state index >= 15 is 4.39 Å². The molecule has 33 heavy (non-hydrogen) atoms. The third-order valence-electron chi connectivity index (χ3n) is 7.17. The number of halogens is 5. The highest BCUT2D eigenvalue weighted by Crippen LogP contribution is 2.46. The number of rotatable bonds is 4. The van der Waals surface area contributed by atoms with Crippen LogP contribution in [0.15, 0.2) is 10.5 Å². The summed E-state index contributed by atoms with van der Waals surface area (Å²) >= 11 is 9.35. The van der Waals surface area contributed by atoms with Crippen molar-refractivity contribution in [2.75, 3.05) is 44.3 Å². The van der Waals surface area contributed by atoms with Gasteiger partial charge in [0.2, 0.25) is 0 Å². The first-order valence-electron chi connectivity index (χ1n) is 12.0. The summed E-state index contributed by atoms with van der Waals surface area (Å²) in [6.07, 6.45) is -1.16. The highest BCUT2D eigenvalue weighted by atomic mass is 79.9. The van der Waals surface area contributed by atoms with Gasteiger partial charge in [0.15, 0.2) is 5.82 Å². The van der Waals surface area contributed by atoms with Gasteiger partial charge in [-0.2, -0.15) is 9.97 Å². The lowest BCUT2D eigenvalue weighted by Crippen LogP contribution is -2.43. The molecular formula is C22H23BrClF3N4O2. The molecule has 1 aliphatic carbocycles. The highest BCUT2D eigenvalue weighted by molar-refractivity contribution is 9.10. The molecule has 2 aromatic rings. The highest BCUT2D eigenvalue weighted by Gasteiger charge is 2.56. The molecule has 0 amide bonds. The molecule has 178 valence electrons. The number of aromatic nitrogens is 2. The molecule has 6 rings (SSSR count). The first kappa shape index (κ1) is 19.9. The van der Waals surface area contributed by atoms with E-state index in [1.165, 1.54) is 6.07 Å². The van der Waals surface area contributed by atoms with E-state index in [4.69, 9.17) is 23.8 Å². The number of alkyl halides is 2. The average Bonchev–Trinajstić information content (AvgIpc) is 3.15. The maximum absolute atomic E-state index is 15.3. The van der Waals surface area contributed by atoms with Crippen molar-refractivity contribution in [2.24, 2.45) is 5.92 Å². The van der Waals surface area contributed by atoms with Gasteiger partial charge in [0.1, 0.15) is 30.2 Å². The number of ether oxygens (including phenoxy) is 2.